The third kappa shape index (κ3) is 5.30. The topological polar surface area (TPSA) is 100 Å². The van der Waals surface area contributed by atoms with Crippen molar-refractivity contribution in [1.82, 2.24) is 10.3 Å². The number of nitrogens with zero attached hydrogens (tertiary/aromatic N) is 1. The number of sulfonamides is 1. The number of aromatic nitrogens is 1. The summed E-state index contributed by atoms with van der Waals surface area (Å²) >= 11 is 3.31. The normalized spacial score (nSPS) is 10.9. The molecule has 0 aliphatic heterocycles. The molecule has 0 aliphatic rings. The number of carbonyl (C=O) groups excluding carboxylic acids is 1. The smallest absolute Gasteiger partial charge is 0.319 e. The van der Waals surface area contributed by atoms with Crippen molar-refractivity contribution in [3.05, 3.63) is 83.1 Å². The van der Waals surface area contributed by atoms with E-state index in [0.717, 1.165) is 5.56 Å². The first-order valence-electron chi connectivity index (χ1n) is 8.25. The number of halogens is 1. The fourth-order valence-electron chi connectivity index (χ4n) is 2.32. The van der Waals surface area contributed by atoms with E-state index in [-0.39, 0.29) is 4.90 Å². The maximum atomic E-state index is 12.5. The van der Waals surface area contributed by atoms with Gasteiger partial charge in [0.25, 0.3) is 10.0 Å². The van der Waals surface area contributed by atoms with E-state index in [1.54, 1.807) is 48.8 Å². The van der Waals surface area contributed by atoms with Gasteiger partial charge in [-0.1, -0.05) is 12.1 Å². The predicted octanol–water partition coefficient (Wildman–Crippen LogP) is 3.97. The van der Waals surface area contributed by atoms with Gasteiger partial charge in [-0.3, -0.25) is 9.71 Å². The van der Waals surface area contributed by atoms with Gasteiger partial charge in [0, 0.05) is 29.1 Å². The van der Waals surface area contributed by atoms with Crippen molar-refractivity contribution in [3.63, 3.8) is 0 Å². The molecule has 0 spiro atoms. The summed E-state index contributed by atoms with van der Waals surface area (Å²) in [6.45, 7) is 0.358. The molecule has 9 heteroatoms. The molecule has 3 rings (SSSR count). The lowest BCUT2D eigenvalue weighted by atomic mass is 10.3. The van der Waals surface area contributed by atoms with Crippen LogP contribution in [0.5, 0.6) is 0 Å². The second-order valence-corrected chi connectivity index (χ2v) is 8.31. The van der Waals surface area contributed by atoms with Crippen molar-refractivity contribution in [3.8, 4) is 0 Å². The molecule has 2 amide bonds. The summed E-state index contributed by atoms with van der Waals surface area (Å²) in [5, 5.41) is 5.38. The van der Waals surface area contributed by atoms with E-state index in [1.807, 2.05) is 0 Å². The van der Waals surface area contributed by atoms with Crippen molar-refractivity contribution in [1.29, 1.82) is 0 Å². The van der Waals surface area contributed by atoms with Crippen LogP contribution in [0.3, 0.4) is 0 Å². The summed E-state index contributed by atoms with van der Waals surface area (Å²) in [5.41, 5.74) is 1.84. The molecule has 3 aromatic rings. The molecule has 0 fully saturated rings. The Kier molecular flexibility index (Phi) is 6.27. The van der Waals surface area contributed by atoms with E-state index in [1.165, 1.54) is 24.3 Å². The number of pyridine rings is 1. The van der Waals surface area contributed by atoms with Gasteiger partial charge in [-0.05, 0) is 70.0 Å². The highest BCUT2D eigenvalue weighted by molar-refractivity contribution is 9.10. The number of urea groups is 1. The number of nitrogens with one attached hydrogen (secondary N) is 3. The maximum Gasteiger partial charge on any atom is 0.319 e. The standard InChI is InChI=1S/C19H17BrN4O3S/c20-17-3-1-2-4-18(17)24-28(26,27)16-7-5-15(6-8-16)23-19(25)22-13-14-9-11-21-12-10-14/h1-12,24H,13H2,(H2,22,23,25). The number of carbonyl (C=O) groups is 1. The predicted molar refractivity (Wildman–Crippen MR) is 111 cm³/mol. The molecule has 3 N–H and O–H groups in total. The largest absolute Gasteiger partial charge is 0.334 e. The van der Waals surface area contributed by atoms with Crippen LogP contribution >= 0.6 is 15.9 Å². The zero-order valence-electron chi connectivity index (χ0n) is 14.6. The highest BCUT2D eigenvalue weighted by atomic mass is 79.9. The molecule has 0 radical (unpaired) electrons. The Bertz CT molecular complexity index is 1060. The molecule has 2 aromatic carbocycles. The van der Waals surface area contributed by atoms with Gasteiger partial charge in [-0.25, -0.2) is 13.2 Å². The number of para-hydroxylation sites is 1. The van der Waals surface area contributed by atoms with E-state index < -0.39 is 16.1 Å². The van der Waals surface area contributed by atoms with Crippen LogP contribution in [0, 0.1) is 0 Å². The molecular weight excluding hydrogens is 444 g/mol. The zero-order chi connectivity index (χ0) is 20.0. The SMILES string of the molecule is O=C(NCc1ccncc1)Nc1ccc(S(=O)(=O)Nc2ccccc2Br)cc1. The molecule has 144 valence electrons. The molecule has 1 heterocycles. The van der Waals surface area contributed by atoms with Crippen molar-refractivity contribution in [2.75, 3.05) is 10.0 Å². The van der Waals surface area contributed by atoms with Crippen molar-refractivity contribution >= 4 is 43.4 Å². The summed E-state index contributed by atoms with van der Waals surface area (Å²) in [6.07, 6.45) is 3.30. The Hall–Kier alpha value is -2.91. The van der Waals surface area contributed by atoms with E-state index >= 15 is 0 Å². The Morgan fingerprint density at radius 2 is 1.64 bits per heavy atom. The number of anilines is 2. The average Bonchev–Trinajstić information content (AvgIpc) is 2.69. The van der Waals surface area contributed by atoms with Crippen LogP contribution in [0.15, 0.2) is 82.4 Å². The van der Waals surface area contributed by atoms with Gasteiger partial charge in [0.15, 0.2) is 0 Å². The van der Waals surface area contributed by atoms with Gasteiger partial charge in [-0.15, -0.1) is 0 Å². The Morgan fingerprint density at radius 3 is 2.32 bits per heavy atom. The fourth-order valence-corrected chi connectivity index (χ4v) is 3.92. The summed E-state index contributed by atoms with van der Waals surface area (Å²) in [5.74, 6) is 0. The highest BCUT2D eigenvalue weighted by Gasteiger charge is 2.15. The molecule has 28 heavy (non-hydrogen) atoms. The molecule has 0 saturated carbocycles. The van der Waals surface area contributed by atoms with Crippen molar-refractivity contribution in [2.45, 2.75) is 11.4 Å². The van der Waals surface area contributed by atoms with Gasteiger partial charge in [-0.2, -0.15) is 0 Å². The van der Waals surface area contributed by atoms with Gasteiger partial charge in [0.05, 0.1) is 10.6 Å². The summed E-state index contributed by atoms with van der Waals surface area (Å²) < 4.78 is 28.2. The van der Waals surface area contributed by atoms with E-state index in [4.69, 9.17) is 0 Å². The first-order valence-corrected chi connectivity index (χ1v) is 10.5. The average molecular weight is 461 g/mol. The molecule has 0 saturated heterocycles. The van der Waals surface area contributed by atoms with Crippen molar-refractivity contribution < 1.29 is 13.2 Å². The quantitative estimate of drug-likeness (QED) is 0.517. The molecule has 7 nitrogen and oxygen atoms in total. The third-order valence-electron chi connectivity index (χ3n) is 3.74. The molecular formula is C19H17BrN4O3S. The molecule has 0 aliphatic carbocycles. The van der Waals surface area contributed by atoms with Crippen LogP contribution in [0.1, 0.15) is 5.56 Å². The monoisotopic (exact) mass is 460 g/mol. The maximum absolute atomic E-state index is 12.5. The molecule has 0 atom stereocenters. The first kappa shape index (κ1) is 19.8. The Balaban J connectivity index is 1.61. The van der Waals surface area contributed by atoms with E-state index in [9.17, 15) is 13.2 Å². The number of amides is 2. The first-order chi connectivity index (χ1) is 13.4. The highest BCUT2D eigenvalue weighted by Crippen LogP contribution is 2.25. The van der Waals surface area contributed by atoms with Gasteiger partial charge in [0.2, 0.25) is 0 Å². The van der Waals surface area contributed by atoms with Crippen LogP contribution in [0.2, 0.25) is 0 Å². The summed E-state index contributed by atoms with van der Waals surface area (Å²) in [7, 11) is -3.74. The van der Waals surface area contributed by atoms with Crippen LogP contribution < -0.4 is 15.4 Å². The number of hydrogen-bond donors (Lipinski definition) is 3. The Morgan fingerprint density at radius 1 is 0.964 bits per heavy atom. The Labute approximate surface area is 171 Å². The van der Waals surface area contributed by atoms with E-state index in [0.29, 0.717) is 22.4 Å². The van der Waals surface area contributed by atoms with Gasteiger partial charge < -0.3 is 10.6 Å². The lowest BCUT2D eigenvalue weighted by Crippen LogP contribution is -2.28. The molecule has 0 bridgehead atoms. The second-order valence-electron chi connectivity index (χ2n) is 5.77. The van der Waals surface area contributed by atoms with Crippen LogP contribution in [0.25, 0.3) is 0 Å². The lowest BCUT2D eigenvalue weighted by molar-refractivity contribution is 0.251. The minimum absolute atomic E-state index is 0.0889. The summed E-state index contributed by atoms with van der Waals surface area (Å²) in [4.78, 5) is 16.0. The van der Waals surface area contributed by atoms with Gasteiger partial charge >= 0.3 is 6.03 Å². The number of benzene rings is 2. The lowest BCUT2D eigenvalue weighted by Gasteiger charge is -2.11. The van der Waals surface area contributed by atoms with Crippen LogP contribution in [-0.4, -0.2) is 19.4 Å². The minimum atomic E-state index is -3.74. The number of rotatable bonds is 6. The van der Waals surface area contributed by atoms with Crippen LogP contribution in [0.4, 0.5) is 16.2 Å². The van der Waals surface area contributed by atoms with E-state index in [2.05, 4.69) is 36.3 Å². The third-order valence-corrected chi connectivity index (χ3v) is 5.82. The second kappa shape index (κ2) is 8.85. The zero-order valence-corrected chi connectivity index (χ0v) is 17.0. The van der Waals surface area contributed by atoms with Crippen LogP contribution in [-0.2, 0) is 16.6 Å². The minimum Gasteiger partial charge on any atom is -0.334 e. The van der Waals surface area contributed by atoms with Gasteiger partial charge in [0.1, 0.15) is 0 Å². The molecule has 1 aromatic heterocycles. The van der Waals surface area contributed by atoms with Crippen molar-refractivity contribution in [2.24, 2.45) is 0 Å². The summed E-state index contributed by atoms with van der Waals surface area (Å²) in [6, 6.07) is 16.1. The fraction of sp³-hybridized carbons (Fsp3) is 0.0526. The number of hydrogen-bond acceptors (Lipinski definition) is 4. The molecule has 0 unspecified atom stereocenters.